The number of hydrogen-bond acceptors (Lipinski definition) is 5. The van der Waals surface area contributed by atoms with E-state index in [1.54, 1.807) is 4.98 Å². The largest absolute Gasteiger partial charge is 0.394 e. The number of aromatic nitrogens is 2. The van der Waals surface area contributed by atoms with Crippen molar-refractivity contribution in [1.29, 1.82) is 0 Å². The molecule has 1 saturated heterocycles. The first kappa shape index (κ1) is 12.7. The molecule has 2 rings (SSSR count). The molecule has 0 spiro atoms. The van der Waals surface area contributed by atoms with Gasteiger partial charge in [-0.3, -0.25) is 14.3 Å². The van der Waals surface area contributed by atoms with Crippen molar-refractivity contribution in [2.45, 2.75) is 31.0 Å². The highest BCUT2D eigenvalue weighted by Crippen LogP contribution is 2.40. The molecular weight excluding hydrogens is 290 g/mol. The van der Waals surface area contributed by atoms with E-state index in [2.05, 4.69) is 5.92 Å². The molecule has 7 nitrogen and oxygen atoms in total. The molecule has 2 heterocycles. The Morgan fingerprint density at radius 3 is 2.90 bits per heavy atom. The van der Waals surface area contributed by atoms with E-state index < -0.39 is 47.7 Å². The quantitative estimate of drug-likeness (QED) is 0.587. The zero-order valence-electron chi connectivity index (χ0n) is 12.6. The van der Waals surface area contributed by atoms with Crippen molar-refractivity contribution < 1.29 is 26.5 Å². The summed E-state index contributed by atoms with van der Waals surface area (Å²) < 4.78 is 47.9. The SMILES string of the molecule is [2H]C([2H])(O)[C@H]1O[C@@H](n2cc(F)c(=O)[nH]c2=O)[C@@](F)(C#CC)C1O. The lowest BCUT2D eigenvalue weighted by Crippen LogP contribution is -2.45. The van der Waals surface area contributed by atoms with Gasteiger partial charge in [0, 0.05) is 0 Å². The van der Waals surface area contributed by atoms with Crippen molar-refractivity contribution in [2.24, 2.45) is 0 Å². The predicted octanol–water partition coefficient (Wildman–Crippen LogP) is -1.34. The van der Waals surface area contributed by atoms with Crippen LogP contribution < -0.4 is 11.2 Å². The Labute approximate surface area is 119 Å². The lowest BCUT2D eigenvalue weighted by molar-refractivity contribution is -0.0547. The molecule has 4 atom stereocenters. The van der Waals surface area contributed by atoms with Gasteiger partial charge < -0.3 is 14.9 Å². The Bertz CT molecular complexity index is 794. The van der Waals surface area contributed by atoms with Crippen LogP contribution in [-0.2, 0) is 4.74 Å². The van der Waals surface area contributed by atoms with Gasteiger partial charge in [0.2, 0.25) is 11.5 Å². The first-order valence-electron chi connectivity index (χ1n) is 6.72. The number of rotatable bonds is 2. The number of ether oxygens (including phenoxy) is 1. The molecule has 1 aliphatic rings. The molecule has 0 radical (unpaired) electrons. The lowest BCUT2D eigenvalue weighted by Gasteiger charge is -2.23. The molecule has 0 amide bonds. The number of halogens is 2. The predicted molar refractivity (Wildman–Crippen MR) is 65.6 cm³/mol. The molecule has 1 aromatic heterocycles. The second-order valence-corrected chi connectivity index (χ2v) is 4.27. The van der Waals surface area contributed by atoms with Crippen molar-refractivity contribution in [3.05, 3.63) is 32.9 Å². The van der Waals surface area contributed by atoms with E-state index in [0.29, 0.717) is 6.20 Å². The molecule has 0 saturated carbocycles. The van der Waals surface area contributed by atoms with E-state index in [1.807, 2.05) is 5.92 Å². The minimum Gasteiger partial charge on any atom is -0.394 e. The second kappa shape index (κ2) is 5.40. The molecule has 1 fully saturated rings. The van der Waals surface area contributed by atoms with Gasteiger partial charge in [-0.2, -0.15) is 4.39 Å². The van der Waals surface area contributed by atoms with Crippen molar-refractivity contribution >= 4 is 0 Å². The third kappa shape index (κ3) is 2.37. The van der Waals surface area contributed by atoms with Crippen LogP contribution in [0.15, 0.2) is 15.8 Å². The number of alkyl halides is 1. The van der Waals surface area contributed by atoms with E-state index in [9.17, 15) is 24.2 Å². The minimum atomic E-state index is -3.16. The Hall–Kier alpha value is -2.02. The van der Waals surface area contributed by atoms with Gasteiger partial charge in [0.15, 0.2) is 6.23 Å². The Kier molecular flexibility index (Phi) is 3.27. The topological polar surface area (TPSA) is 105 Å². The molecular formula is C12H12F2N2O5. The average molecular weight is 304 g/mol. The molecule has 0 aliphatic carbocycles. The first-order chi connectivity index (χ1) is 10.5. The van der Waals surface area contributed by atoms with Crippen molar-refractivity contribution in [3.63, 3.8) is 0 Å². The van der Waals surface area contributed by atoms with Crippen molar-refractivity contribution in [1.82, 2.24) is 9.55 Å². The Morgan fingerprint density at radius 1 is 1.67 bits per heavy atom. The van der Waals surface area contributed by atoms with Gasteiger partial charge in [-0.15, -0.1) is 5.92 Å². The van der Waals surface area contributed by atoms with E-state index in [-0.39, 0.29) is 4.57 Å². The van der Waals surface area contributed by atoms with E-state index in [0.717, 1.165) is 0 Å². The Balaban J connectivity index is 2.64. The minimum absolute atomic E-state index is 0.288. The second-order valence-electron chi connectivity index (χ2n) is 4.27. The van der Waals surface area contributed by atoms with Crippen LogP contribution in [-0.4, -0.2) is 44.2 Å². The van der Waals surface area contributed by atoms with Crippen LogP contribution in [0.1, 0.15) is 15.9 Å². The molecule has 114 valence electrons. The van der Waals surface area contributed by atoms with Crippen molar-refractivity contribution in [3.8, 4) is 11.8 Å². The van der Waals surface area contributed by atoms with Crippen LogP contribution in [0.5, 0.6) is 0 Å². The van der Waals surface area contributed by atoms with Crippen LogP contribution in [0.4, 0.5) is 8.78 Å². The van der Waals surface area contributed by atoms with Gasteiger partial charge in [0.05, 0.1) is 15.5 Å². The Morgan fingerprint density at radius 2 is 2.33 bits per heavy atom. The molecule has 21 heavy (non-hydrogen) atoms. The highest BCUT2D eigenvalue weighted by molar-refractivity contribution is 5.22. The summed E-state index contributed by atoms with van der Waals surface area (Å²) in [5.74, 6) is 2.66. The van der Waals surface area contributed by atoms with Crippen LogP contribution in [0, 0.1) is 17.7 Å². The van der Waals surface area contributed by atoms with Crippen molar-refractivity contribution in [2.75, 3.05) is 6.56 Å². The molecule has 1 aliphatic heterocycles. The number of aliphatic hydroxyl groups is 2. The number of nitrogens with one attached hydrogen (secondary N) is 1. The smallest absolute Gasteiger partial charge is 0.330 e. The average Bonchev–Trinajstić information content (AvgIpc) is 2.67. The maximum absolute atomic E-state index is 15.0. The highest BCUT2D eigenvalue weighted by atomic mass is 19.1. The van der Waals surface area contributed by atoms with E-state index in [4.69, 9.17) is 7.48 Å². The van der Waals surface area contributed by atoms with Gasteiger partial charge in [-0.05, 0) is 6.92 Å². The molecule has 0 bridgehead atoms. The van der Waals surface area contributed by atoms with Crippen LogP contribution in [0.3, 0.4) is 0 Å². The summed E-state index contributed by atoms with van der Waals surface area (Å²) in [5.41, 5.74) is -5.62. The zero-order chi connectivity index (χ0) is 17.6. The molecule has 9 heteroatoms. The monoisotopic (exact) mass is 304 g/mol. The number of aliphatic hydroxyl groups excluding tert-OH is 1. The number of nitrogens with zero attached hydrogens (tertiary/aromatic N) is 1. The van der Waals surface area contributed by atoms with E-state index in [1.165, 1.54) is 6.92 Å². The highest BCUT2D eigenvalue weighted by Gasteiger charge is 2.57. The summed E-state index contributed by atoms with van der Waals surface area (Å²) in [4.78, 5) is 24.3. The third-order valence-corrected chi connectivity index (χ3v) is 2.97. The number of aromatic amines is 1. The fraction of sp³-hybridized carbons (Fsp3) is 0.500. The zero-order valence-corrected chi connectivity index (χ0v) is 10.6. The van der Waals surface area contributed by atoms with Crippen LogP contribution in [0.25, 0.3) is 0 Å². The number of H-pyrrole nitrogens is 1. The summed E-state index contributed by atoms with van der Waals surface area (Å²) >= 11 is 0. The summed E-state index contributed by atoms with van der Waals surface area (Å²) in [5, 5.41) is 19.3. The third-order valence-electron chi connectivity index (χ3n) is 2.97. The summed E-state index contributed by atoms with van der Waals surface area (Å²) in [6.07, 6.45) is -6.11. The summed E-state index contributed by atoms with van der Waals surface area (Å²) in [6, 6.07) is 0. The van der Waals surface area contributed by atoms with Gasteiger partial charge in [0.1, 0.15) is 12.2 Å². The lowest BCUT2D eigenvalue weighted by atomic mass is 9.96. The van der Waals surface area contributed by atoms with Gasteiger partial charge in [0.25, 0.3) is 5.56 Å². The van der Waals surface area contributed by atoms with Crippen LogP contribution >= 0.6 is 0 Å². The molecule has 1 unspecified atom stereocenters. The molecule has 0 aromatic carbocycles. The molecule has 1 aromatic rings. The van der Waals surface area contributed by atoms with Gasteiger partial charge in [-0.25, -0.2) is 9.18 Å². The fourth-order valence-corrected chi connectivity index (χ4v) is 2.01. The number of hydrogen-bond donors (Lipinski definition) is 3. The summed E-state index contributed by atoms with van der Waals surface area (Å²) in [7, 11) is 0. The van der Waals surface area contributed by atoms with Crippen LogP contribution in [0.2, 0.25) is 0 Å². The van der Waals surface area contributed by atoms with Gasteiger partial charge >= 0.3 is 5.69 Å². The summed E-state index contributed by atoms with van der Waals surface area (Å²) in [6.45, 7) is -1.95. The van der Waals surface area contributed by atoms with Gasteiger partial charge in [-0.1, -0.05) is 5.92 Å². The maximum atomic E-state index is 15.0. The fourth-order valence-electron chi connectivity index (χ4n) is 2.01. The standard InChI is InChI=1S/C12H12F2N2O5/c1-2-3-12(14)8(18)7(5-17)21-10(12)16-4-6(13)9(19)15-11(16)20/h4,7-8,10,17-18H,5H2,1H3,(H,15,19,20)/t7-,8?,10-,12-/m1/s1/i5D2. The normalized spacial score (nSPS) is 33.9. The van der Waals surface area contributed by atoms with E-state index >= 15 is 4.39 Å². The molecule has 3 N–H and O–H groups in total. The first-order valence-corrected chi connectivity index (χ1v) is 5.72. The maximum Gasteiger partial charge on any atom is 0.330 e.